The molecule has 124 valence electrons. The van der Waals surface area contributed by atoms with Crippen molar-refractivity contribution in [2.75, 3.05) is 5.75 Å². The van der Waals surface area contributed by atoms with Crippen molar-refractivity contribution in [3.05, 3.63) is 23.2 Å². The van der Waals surface area contributed by atoms with Gasteiger partial charge in [0.2, 0.25) is 5.91 Å². The Morgan fingerprint density at radius 3 is 3.09 bits per heavy atom. The van der Waals surface area contributed by atoms with E-state index in [4.69, 9.17) is 16.0 Å². The zero-order chi connectivity index (χ0) is 16.4. The highest BCUT2D eigenvalue weighted by Crippen LogP contribution is 2.30. The van der Waals surface area contributed by atoms with Gasteiger partial charge in [-0.3, -0.25) is 4.79 Å². The summed E-state index contributed by atoms with van der Waals surface area (Å²) < 4.78 is 5.61. The van der Waals surface area contributed by atoms with Crippen molar-refractivity contribution in [1.29, 1.82) is 0 Å². The molecule has 6 heteroatoms. The van der Waals surface area contributed by atoms with E-state index in [0.717, 1.165) is 11.9 Å². The van der Waals surface area contributed by atoms with E-state index in [2.05, 4.69) is 24.1 Å². The van der Waals surface area contributed by atoms with E-state index in [9.17, 15) is 4.79 Å². The van der Waals surface area contributed by atoms with Crippen LogP contribution in [0.3, 0.4) is 0 Å². The summed E-state index contributed by atoms with van der Waals surface area (Å²) in [5.74, 6) is 1.56. The van der Waals surface area contributed by atoms with Gasteiger partial charge in [0, 0.05) is 17.1 Å². The van der Waals surface area contributed by atoms with Gasteiger partial charge in [-0.15, -0.1) is 0 Å². The topological polar surface area (TPSA) is 55.1 Å². The van der Waals surface area contributed by atoms with Crippen LogP contribution < -0.4 is 5.32 Å². The predicted molar refractivity (Wildman–Crippen MR) is 93.9 cm³/mol. The monoisotopic (exact) mass is 352 g/mol. The van der Waals surface area contributed by atoms with E-state index in [1.807, 2.05) is 6.07 Å². The van der Waals surface area contributed by atoms with Crippen molar-refractivity contribution in [3.8, 4) is 0 Å². The molecule has 0 unspecified atom stereocenters. The molecule has 4 nitrogen and oxygen atoms in total. The van der Waals surface area contributed by atoms with Gasteiger partial charge in [-0.2, -0.15) is 0 Å². The Balaban J connectivity index is 1.55. The van der Waals surface area contributed by atoms with E-state index >= 15 is 0 Å². The van der Waals surface area contributed by atoms with Crippen LogP contribution in [0, 0.1) is 11.8 Å². The van der Waals surface area contributed by atoms with Crippen LogP contribution in [0.4, 0.5) is 0 Å². The molecule has 1 N–H and O–H groups in total. The maximum Gasteiger partial charge on any atom is 0.257 e. The second-order valence-corrected chi connectivity index (χ2v) is 7.68. The number of carbonyl (C=O) groups excluding carboxylic acids is 1. The number of hydrogen-bond donors (Lipinski definition) is 1. The van der Waals surface area contributed by atoms with Crippen molar-refractivity contribution in [2.24, 2.45) is 11.8 Å². The van der Waals surface area contributed by atoms with Gasteiger partial charge in [0.1, 0.15) is 5.52 Å². The number of hydrogen-bond acceptors (Lipinski definition) is 4. The van der Waals surface area contributed by atoms with Crippen molar-refractivity contribution < 1.29 is 9.21 Å². The lowest BCUT2D eigenvalue weighted by molar-refractivity contribution is -0.120. The van der Waals surface area contributed by atoms with Crippen LogP contribution in [0.2, 0.25) is 5.02 Å². The first kappa shape index (κ1) is 16.7. The molecule has 0 aliphatic heterocycles. The van der Waals surface area contributed by atoms with Crippen molar-refractivity contribution in [1.82, 2.24) is 10.3 Å². The molecule has 3 rings (SSSR count). The summed E-state index contributed by atoms with van der Waals surface area (Å²) in [5, 5.41) is 4.28. The molecule has 1 aromatic carbocycles. The molecule has 0 radical (unpaired) electrons. The first-order valence-electron chi connectivity index (χ1n) is 8.01. The van der Waals surface area contributed by atoms with Gasteiger partial charge < -0.3 is 9.73 Å². The number of thioether (sulfide) groups is 1. The van der Waals surface area contributed by atoms with Crippen LogP contribution in [-0.4, -0.2) is 22.7 Å². The van der Waals surface area contributed by atoms with Crippen LogP contribution in [0.15, 0.2) is 27.8 Å². The molecular formula is C17H21ClN2O2S. The third-order valence-corrected chi connectivity index (χ3v) is 5.77. The molecule has 1 fully saturated rings. The second kappa shape index (κ2) is 7.14. The number of aromatic nitrogens is 1. The predicted octanol–water partition coefficient (Wildman–Crippen LogP) is 4.51. The molecule has 3 atom stereocenters. The Hall–Kier alpha value is -1.20. The highest BCUT2D eigenvalue weighted by Gasteiger charge is 2.28. The lowest BCUT2D eigenvalue weighted by Crippen LogP contribution is -2.44. The number of rotatable bonds is 4. The van der Waals surface area contributed by atoms with Gasteiger partial charge in [-0.1, -0.05) is 50.1 Å². The zero-order valence-electron chi connectivity index (χ0n) is 13.3. The molecule has 1 aromatic heterocycles. The fourth-order valence-electron chi connectivity index (χ4n) is 3.10. The fraction of sp³-hybridized carbons (Fsp3) is 0.529. The SMILES string of the molecule is C[C@H]1[C@H](C)CCC[C@H]1NC(=O)CSc1nc2ccc(Cl)cc2o1. The molecule has 1 saturated carbocycles. The molecule has 0 bridgehead atoms. The van der Waals surface area contributed by atoms with Gasteiger partial charge in [0.05, 0.1) is 5.75 Å². The normalized spacial score (nSPS) is 24.7. The standard InChI is InChI=1S/C17H21ClN2O2S/c1-10-4-3-5-13(11(10)2)19-16(21)9-23-17-20-14-7-6-12(18)8-15(14)22-17/h6-8,10-11,13H,3-5,9H2,1-2H3,(H,19,21)/t10-,11+,13-/m1/s1. The Bertz CT molecular complexity index is 703. The largest absolute Gasteiger partial charge is 0.431 e. The summed E-state index contributed by atoms with van der Waals surface area (Å²) >= 11 is 7.25. The summed E-state index contributed by atoms with van der Waals surface area (Å²) in [6.07, 6.45) is 3.52. The number of amides is 1. The van der Waals surface area contributed by atoms with Gasteiger partial charge in [0.15, 0.2) is 5.58 Å². The highest BCUT2D eigenvalue weighted by atomic mass is 35.5. The molecule has 1 aliphatic carbocycles. The highest BCUT2D eigenvalue weighted by molar-refractivity contribution is 7.99. The number of oxazole rings is 1. The molecule has 23 heavy (non-hydrogen) atoms. The lowest BCUT2D eigenvalue weighted by Gasteiger charge is -2.34. The first-order chi connectivity index (χ1) is 11.0. The third kappa shape index (κ3) is 4.01. The zero-order valence-corrected chi connectivity index (χ0v) is 14.9. The first-order valence-corrected chi connectivity index (χ1v) is 9.37. The number of carbonyl (C=O) groups is 1. The molecule has 1 heterocycles. The number of benzene rings is 1. The van der Waals surface area contributed by atoms with Gasteiger partial charge >= 0.3 is 0 Å². The van der Waals surface area contributed by atoms with Gasteiger partial charge in [0.25, 0.3) is 5.22 Å². The van der Waals surface area contributed by atoms with Gasteiger partial charge in [-0.05, 0) is 30.4 Å². The Labute approximate surface area is 145 Å². The van der Waals surface area contributed by atoms with E-state index in [-0.39, 0.29) is 11.9 Å². The minimum Gasteiger partial charge on any atom is -0.431 e. The van der Waals surface area contributed by atoms with E-state index < -0.39 is 0 Å². The van der Waals surface area contributed by atoms with Crippen LogP contribution in [0.1, 0.15) is 33.1 Å². The Kier molecular flexibility index (Phi) is 5.17. The molecule has 1 amide bonds. The summed E-state index contributed by atoms with van der Waals surface area (Å²) in [6, 6.07) is 5.61. The molecule has 1 aliphatic rings. The number of fused-ring (bicyclic) bond motifs is 1. The fourth-order valence-corrected chi connectivity index (χ4v) is 3.91. The average molecular weight is 353 g/mol. The summed E-state index contributed by atoms with van der Waals surface area (Å²) in [4.78, 5) is 16.5. The lowest BCUT2D eigenvalue weighted by atomic mass is 9.78. The summed E-state index contributed by atoms with van der Waals surface area (Å²) in [7, 11) is 0. The van der Waals surface area contributed by atoms with Crippen LogP contribution in [0.5, 0.6) is 0 Å². The molecular weight excluding hydrogens is 332 g/mol. The van der Waals surface area contributed by atoms with E-state index in [0.29, 0.717) is 33.4 Å². The smallest absolute Gasteiger partial charge is 0.257 e. The molecule has 2 aromatic rings. The third-order valence-electron chi connectivity index (χ3n) is 4.71. The minimum absolute atomic E-state index is 0.0428. The summed E-state index contributed by atoms with van der Waals surface area (Å²) in [6.45, 7) is 4.49. The molecule has 0 spiro atoms. The number of halogens is 1. The van der Waals surface area contributed by atoms with Gasteiger partial charge in [-0.25, -0.2) is 4.98 Å². The molecule has 0 saturated heterocycles. The van der Waals surface area contributed by atoms with E-state index in [1.165, 1.54) is 24.6 Å². The number of nitrogens with one attached hydrogen (secondary N) is 1. The second-order valence-electron chi connectivity index (χ2n) is 6.32. The minimum atomic E-state index is 0.0428. The Morgan fingerprint density at radius 2 is 2.26 bits per heavy atom. The van der Waals surface area contributed by atoms with Crippen LogP contribution >= 0.6 is 23.4 Å². The average Bonchev–Trinajstić information content (AvgIpc) is 2.92. The van der Waals surface area contributed by atoms with Crippen LogP contribution in [-0.2, 0) is 4.79 Å². The number of nitrogens with zero attached hydrogens (tertiary/aromatic N) is 1. The maximum atomic E-state index is 12.2. The van der Waals surface area contributed by atoms with E-state index in [1.54, 1.807) is 12.1 Å². The van der Waals surface area contributed by atoms with Crippen molar-refractivity contribution >= 4 is 40.4 Å². The Morgan fingerprint density at radius 1 is 1.43 bits per heavy atom. The van der Waals surface area contributed by atoms with Crippen LogP contribution in [0.25, 0.3) is 11.1 Å². The summed E-state index contributed by atoms with van der Waals surface area (Å²) in [5.41, 5.74) is 1.40. The van der Waals surface area contributed by atoms with Crippen molar-refractivity contribution in [2.45, 2.75) is 44.4 Å². The quantitative estimate of drug-likeness (QED) is 0.822. The van der Waals surface area contributed by atoms with Crippen molar-refractivity contribution in [3.63, 3.8) is 0 Å². The maximum absolute atomic E-state index is 12.2.